The molecular formula is C27H37ClN8O2S. The summed E-state index contributed by atoms with van der Waals surface area (Å²) >= 11 is 6.09. The van der Waals surface area contributed by atoms with E-state index in [9.17, 15) is 10.1 Å². The quantitative estimate of drug-likeness (QED) is 0.246. The van der Waals surface area contributed by atoms with Crippen molar-refractivity contribution < 1.29 is 9.53 Å². The minimum Gasteiger partial charge on any atom is -0.444 e. The lowest BCUT2D eigenvalue weighted by molar-refractivity contribution is 0.0240. The van der Waals surface area contributed by atoms with Crippen LogP contribution in [0.1, 0.15) is 44.6 Å². The zero-order valence-electron chi connectivity index (χ0n) is 23.7. The van der Waals surface area contributed by atoms with Gasteiger partial charge in [-0.25, -0.2) is 19.7 Å². The van der Waals surface area contributed by atoms with Crippen LogP contribution in [0.4, 0.5) is 16.3 Å². The molecule has 1 aliphatic heterocycles. The van der Waals surface area contributed by atoms with Gasteiger partial charge >= 0.3 is 6.09 Å². The normalized spacial score (nSPS) is 13.5. The van der Waals surface area contributed by atoms with Gasteiger partial charge in [-0.2, -0.15) is 5.26 Å². The topological polar surface area (TPSA) is 112 Å². The lowest BCUT2D eigenvalue weighted by Crippen LogP contribution is -2.50. The average molecular weight is 573 g/mol. The highest BCUT2D eigenvalue weighted by Crippen LogP contribution is 2.28. The van der Waals surface area contributed by atoms with Crippen LogP contribution in [0.15, 0.2) is 23.5 Å². The van der Waals surface area contributed by atoms with E-state index in [1.807, 2.05) is 53.3 Å². The molecule has 0 aliphatic carbocycles. The fraction of sp³-hybridized carbons (Fsp3) is 0.519. The Bertz CT molecular complexity index is 1340. The van der Waals surface area contributed by atoms with Crippen molar-refractivity contribution in [2.24, 2.45) is 7.05 Å². The van der Waals surface area contributed by atoms with Crippen LogP contribution in [0.25, 0.3) is 11.0 Å². The number of carbonyl (C=O) groups is 1. The van der Waals surface area contributed by atoms with E-state index < -0.39 is 5.60 Å². The fourth-order valence-corrected chi connectivity index (χ4v) is 4.70. The summed E-state index contributed by atoms with van der Waals surface area (Å²) in [6.07, 6.45) is 5.75. The molecule has 0 radical (unpaired) electrons. The molecule has 4 rings (SSSR count). The summed E-state index contributed by atoms with van der Waals surface area (Å²) in [6, 6.07) is 6.41. The lowest BCUT2D eigenvalue weighted by atomic mass is 10.1. The number of halogens is 1. The van der Waals surface area contributed by atoms with Gasteiger partial charge in [-0.15, -0.1) is 11.6 Å². The second kappa shape index (κ2) is 13.2. The number of hydrogen-bond donors (Lipinski definition) is 1. The molecule has 1 aliphatic rings. The van der Waals surface area contributed by atoms with Crippen LogP contribution in [-0.4, -0.2) is 74.9 Å². The minimum atomic E-state index is -0.522. The maximum Gasteiger partial charge on any atom is 0.410 e. The Morgan fingerprint density at radius 3 is 2.46 bits per heavy atom. The van der Waals surface area contributed by atoms with E-state index in [2.05, 4.69) is 48.5 Å². The Kier molecular flexibility index (Phi) is 10.3. The summed E-state index contributed by atoms with van der Waals surface area (Å²) in [6.45, 7) is 10.5. The number of rotatable bonds is 6. The average Bonchev–Trinajstić information content (AvgIpc) is 3.30. The van der Waals surface area contributed by atoms with E-state index in [-0.39, 0.29) is 6.09 Å². The number of fused-ring (bicyclic) bond motifs is 1. The number of nitrogens with one attached hydrogen (secondary N) is 1. The first-order valence-corrected chi connectivity index (χ1v) is 14.8. The first-order valence-electron chi connectivity index (χ1n) is 12.8. The maximum atomic E-state index is 12.6. The van der Waals surface area contributed by atoms with Crippen LogP contribution in [0.2, 0.25) is 0 Å². The van der Waals surface area contributed by atoms with Gasteiger partial charge in [-0.1, -0.05) is 18.7 Å². The number of nitrogens with zero attached hydrogens (tertiary/aromatic N) is 7. The Labute approximate surface area is 239 Å². The molecule has 3 aromatic heterocycles. The van der Waals surface area contributed by atoms with Gasteiger partial charge in [-0.05, 0) is 45.6 Å². The molecule has 10 nitrogen and oxygen atoms in total. The lowest BCUT2D eigenvalue weighted by Gasteiger charge is -2.37. The summed E-state index contributed by atoms with van der Waals surface area (Å²) in [7, 11) is 2.00. The van der Waals surface area contributed by atoms with E-state index >= 15 is 0 Å². The first-order chi connectivity index (χ1) is 18.6. The zero-order valence-corrected chi connectivity index (χ0v) is 25.3. The van der Waals surface area contributed by atoms with Gasteiger partial charge in [0, 0.05) is 45.8 Å². The summed E-state index contributed by atoms with van der Waals surface area (Å²) in [5.41, 5.74) is 4.47. The predicted octanol–water partition coefficient (Wildman–Crippen LogP) is 5.04. The standard InChI is InChI=1S/C26H34N8O2S.CH3Cl/c1-7-18-17(15-27)23(31-24(30-18)37-6)28-16-20-22(14-21-19(29-20)8-9-32(21)5)33-10-12-34(13-11-33)25(35)36-26(2,3)4;1-2/h8-9,14H,7,10-13,16H2,1-6H3,(H,28,30,31);1H3. The molecular weight excluding hydrogens is 536 g/mol. The molecule has 1 saturated heterocycles. The molecule has 0 unspecified atom stereocenters. The van der Waals surface area contributed by atoms with Gasteiger partial charge < -0.3 is 24.4 Å². The molecule has 0 bridgehead atoms. The number of aromatic nitrogens is 4. The summed E-state index contributed by atoms with van der Waals surface area (Å²) < 4.78 is 7.61. The van der Waals surface area contributed by atoms with E-state index in [0.717, 1.165) is 28.1 Å². The number of alkyl halides is 1. The zero-order chi connectivity index (χ0) is 28.7. The van der Waals surface area contributed by atoms with Crippen LogP contribution in [-0.2, 0) is 24.8 Å². The van der Waals surface area contributed by atoms with Crippen molar-refractivity contribution in [3.05, 3.63) is 35.3 Å². The van der Waals surface area contributed by atoms with Crippen molar-refractivity contribution in [3.8, 4) is 6.07 Å². The Morgan fingerprint density at radius 1 is 1.18 bits per heavy atom. The first kappa shape index (κ1) is 30.3. The van der Waals surface area contributed by atoms with E-state index in [4.69, 9.17) is 9.72 Å². The summed E-state index contributed by atoms with van der Waals surface area (Å²) in [5.74, 6) is 0.523. The number of carbonyl (C=O) groups excluding carboxylic acids is 1. The van der Waals surface area contributed by atoms with Gasteiger partial charge in [0.05, 0.1) is 34.7 Å². The molecule has 12 heteroatoms. The van der Waals surface area contributed by atoms with Crippen LogP contribution in [0.3, 0.4) is 0 Å². The summed E-state index contributed by atoms with van der Waals surface area (Å²) in [4.78, 5) is 30.6. The van der Waals surface area contributed by atoms with Gasteiger partial charge in [0.2, 0.25) is 0 Å². The van der Waals surface area contributed by atoms with Gasteiger partial charge in [-0.3, -0.25) is 0 Å². The molecule has 39 heavy (non-hydrogen) atoms. The number of pyridine rings is 1. The van der Waals surface area contributed by atoms with E-state index in [1.165, 1.54) is 18.1 Å². The van der Waals surface area contributed by atoms with Gasteiger partial charge in [0.25, 0.3) is 0 Å². The number of thioether (sulfide) groups is 1. The molecule has 0 aromatic carbocycles. The van der Waals surface area contributed by atoms with Crippen molar-refractivity contribution in [2.75, 3.05) is 49.0 Å². The number of anilines is 2. The molecule has 0 atom stereocenters. The number of hydrogen-bond acceptors (Lipinski definition) is 9. The Hall–Kier alpha value is -3.23. The van der Waals surface area contributed by atoms with Gasteiger partial charge in [0.1, 0.15) is 23.1 Å². The third kappa shape index (κ3) is 7.25. The fourth-order valence-electron chi connectivity index (χ4n) is 4.32. The number of amides is 1. The van der Waals surface area contributed by atoms with Crippen molar-refractivity contribution in [1.29, 1.82) is 5.26 Å². The van der Waals surface area contributed by atoms with E-state index in [0.29, 0.717) is 55.7 Å². The maximum absolute atomic E-state index is 12.6. The minimum absolute atomic E-state index is 0.283. The predicted molar refractivity (Wildman–Crippen MR) is 158 cm³/mol. The van der Waals surface area contributed by atoms with Crippen molar-refractivity contribution in [2.45, 2.75) is 51.4 Å². The largest absolute Gasteiger partial charge is 0.444 e. The van der Waals surface area contributed by atoms with Crippen molar-refractivity contribution >= 4 is 52.0 Å². The molecule has 4 heterocycles. The molecule has 1 amide bonds. The number of aryl methyl sites for hydroxylation is 2. The second-order valence-corrected chi connectivity index (χ2v) is 10.7. The van der Waals surface area contributed by atoms with E-state index in [1.54, 1.807) is 4.90 Å². The Morgan fingerprint density at radius 2 is 1.87 bits per heavy atom. The van der Waals surface area contributed by atoms with Crippen LogP contribution in [0.5, 0.6) is 0 Å². The monoisotopic (exact) mass is 572 g/mol. The third-order valence-electron chi connectivity index (χ3n) is 6.21. The van der Waals surface area contributed by atoms with Crippen molar-refractivity contribution in [3.63, 3.8) is 0 Å². The SMILES string of the molecule is CCc1nc(SC)nc(NCc2nc3ccn(C)c3cc2N2CCN(C(=O)OC(C)(C)C)CC2)c1C#N.CCl. The highest BCUT2D eigenvalue weighted by molar-refractivity contribution is 7.98. The highest BCUT2D eigenvalue weighted by Gasteiger charge is 2.27. The number of nitriles is 1. The molecule has 0 saturated carbocycles. The molecule has 1 N–H and O–H groups in total. The highest BCUT2D eigenvalue weighted by atomic mass is 35.5. The van der Waals surface area contributed by atoms with Gasteiger partial charge in [0.15, 0.2) is 5.16 Å². The smallest absolute Gasteiger partial charge is 0.410 e. The summed E-state index contributed by atoms with van der Waals surface area (Å²) in [5, 5.41) is 13.8. The van der Waals surface area contributed by atoms with Crippen LogP contribution in [0, 0.1) is 11.3 Å². The van der Waals surface area contributed by atoms with Crippen LogP contribution < -0.4 is 10.2 Å². The molecule has 1 fully saturated rings. The third-order valence-corrected chi connectivity index (χ3v) is 6.76. The second-order valence-electron chi connectivity index (χ2n) is 9.94. The molecule has 0 spiro atoms. The molecule has 210 valence electrons. The number of piperazine rings is 1. The Balaban J connectivity index is 0.00000205. The number of ether oxygens (including phenoxy) is 1. The van der Waals surface area contributed by atoms with Crippen LogP contribution >= 0.6 is 23.4 Å². The van der Waals surface area contributed by atoms with Crippen molar-refractivity contribution in [1.82, 2.24) is 24.4 Å². The molecule has 3 aromatic rings.